The van der Waals surface area contributed by atoms with Crippen LogP contribution in [0, 0.1) is 23.5 Å². The summed E-state index contributed by atoms with van der Waals surface area (Å²) >= 11 is 0. The highest BCUT2D eigenvalue weighted by Crippen LogP contribution is 2.51. The van der Waals surface area contributed by atoms with Crippen molar-refractivity contribution in [2.45, 2.75) is 25.2 Å². The number of nitrogens with zero attached hydrogens (tertiary/aromatic N) is 1. The largest absolute Gasteiger partial charge is 0.342 e. The van der Waals surface area contributed by atoms with E-state index < -0.39 is 21.7 Å². The summed E-state index contributed by atoms with van der Waals surface area (Å²) in [7, 11) is -3.21. The minimum atomic E-state index is -3.21. The predicted octanol–water partition coefficient (Wildman–Crippen LogP) is 3.52. The number of hydrogen-bond donors (Lipinski definition) is 1. The summed E-state index contributed by atoms with van der Waals surface area (Å²) in [6, 6.07) is 11.0. The van der Waals surface area contributed by atoms with Crippen molar-refractivity contribution in [1.82, 2.24) is 9.62 Å². The molecule has 2 aromatic carbocycles. The Balaban J connectivity index is 1.42. The number of piperidine rings is 1. The Morgan fingerprint density at radius 3 is 2.35 bits per heavy atom. The summed E-state index contributed by atoms with van der Waals surface area (Å²) in [5.74, 6) is -1.16. The van der Waals surface area contributed by atoms with Gasteiger partial charge in [-0.2, -0.15) is 0 Å². The lowest BCUT2D eigenvalue weighted by Crippen LogP contribution is -2.42. The zero-order valence-corrected chi connectivity index (χ0v) is 18.2. The molecule has 2 fully saturated rings. The Morgan fingerprint density at radius 2 is 1.71 bits per heavy atom. The van der Waals surface area contributed by atoms with Crippen LogP contribution in [-0.4, -0.2) is 45.1 Å². The van der Waals surface area contributed by atoms with Gasteiger partial charge in [-0.25, -0.2) is 21.9 Å². The van der Waals surface area contributed by atoms with E-state index in [0.29, 0.717) is 31.6 Å². The number of likely N-dealkylation sites (tertiary alicyclic amines) is 1. The van der Waals surface area contributed by atoms with E-state index in [1.165, 1.54) is 18.2 Å². The maximum absolute atomic E-state index is 14.4. The molecule has 5 nitrogen and oxygen atoms in total. The third kappa shape index (κ3) is 4.96. The van der Waals surface area contributed by atoms with Crippen LogP contribution in [0.4, 0.5) is 8.78 Å². The number of carbonyl (C=O) groups is 1. The van der Waals surface area contributed by atoms with Crippen molar-refractivity contribution in [1.29, 1.82) is 0 Å². The number of carbonyl (C=O) groups excluding carboxylic acids is 1. The van der Waals surface area contributed by atoms with Gasteiger partial charge >= 0.3 is 0 Å². The van der Waals surface area contributed by atoms with E-state index in [1.54, 1.807) is 12.1 Å². The second-order valence-corrected chi connectivity index (χ2v) is 10.4. The fourth-order valence-electron chi connectivity index (χ4n) is 4.48. The molecule has 1 N–H and O–H groups in total. The lowest BCUT2D eigenvalue weighted by atomic mass is 9.94. The van der Waals surface area contributed by atoms with Crippen molar-refractivity contribution in [3.63, 3.8) is 0 Å². The minimum Gasteiger partial charge on any atom is -0.342 e. The Bertz CT molecular complexity index is 1060. The van der Waals surface area contributed by atoms with E-state index in [2.05, 4.69) is 4.72 Å². The van der Waals surface area contributed by atoms with Gasteiger partial charge in [0.05, 0.1) is 11.8 Å². The zero-order chi connectivity index (χ0) is 22.2. The quantitative estimate of drug-likeness (QED) is 0.735. The van der Waals surface area contributed by atoms with E-state index in [9.17, 15) is 22.0 Å². The number of benzene rings is 2. The Labute approximate surface area is 181 Å². The van der Waals surface area contributed by atoms with Crippen LogP contribution in [0.15, 0.2) is 42.5 Å². The highest BCUT2D eigenvalue weighted by Gasteiger charge is 2.47. The molecule has 2 atom stereocenters. The smallest absolute Gasteiger partial charge is 0.226 e. The lowest BCUT2D eigenvalue weighted by molar-refractivity contribution is -0.134. The molecule has 0 aromatic heterocycles. The van der Waals surface area contributed by atoms with Gasteiger partial charge in [-0.3, -0.25) is 4.79 Å². The van der Waals surface area contributed by atoms with Gasteiger partial charge in [-0.05, 0) is 54.4 Å². The third-order valence-corrected chi connectivity index (χ3v) is 6.95. The van der Waals surface area contributed by atoms with Crippen LogP contribution >= 0.6 is 0 Å². The number of rotatable bonds is 6. The normalized spacial score (nSPS) is 21.8. The Kier molecular flexibility index (Phi) is 6.12. The molecular formula is C23H26F2N2O3S. The monoisotopic (exact) mass is 448 g/mol. The van der Waals surface area contributed by atoms with Gasteiger partial charge < -0.3 is 4.90 Å². The summed E-state index contributed by atoms with van der Waals surface area (Å²) in [5.41, 5.74) is 1.26. The van der Waals surface area contributed by atoms with Crippen LogP contribution in [0.2, 0.25) is 0 Å². The molecule has 31 heavy (non-hydrogen) atoms. The van der Waals surface area contributed by atoms with Crippen molar-refractivity contribution in [3.8, 4) is 11.1 Å². The molecule has 2 aliphatic rings. The summed E-state index contributed by atoms with van der Waals surface area (Å²) in [6.07, 6.45) is 3.32. The van der Waals surface area contributed by atoms with Gasteiger partial charge in [0, 0.05) is 25.6 Å². The summed E-state index contributed by atoms with van der Waals surface area (Å²) in [4.78, 5) is 14.9. The van der Waals surface area contributed by atoms with Crippen molar-refractivity contribution in [2.24, 2.45) is 11.8 Å². The fourth-order valence-corrected chi connectivity index (χ4v) is 5.01. The van der Waals surface area contributed by atoms with Crippen molar-refractivity contribution >= 4 is 15.9 Å². The van der Waals surface area contributed by atoms with E-state index in [-0.39, 0.29) is 29.2 Å². The van der Waals surface area contributed by atoms with E-state index in [1.807, 2.05) is 17.0 Å². The molecule has 4 rings (SSSR count). The first-order chi connectivity index (χ1) is 14.7. The van der Waals surface area contributed by atoms with Crippen LogP contribution in [0.5, 0.6) is 0 Å². The molecule has 1 saturated carbocycles. The highest BCUT2D eigenvalue weighted by atomic mass is 32.2. The molecule has 0 radical (unpaired) electrons. The molecule has 2 aromatic rings. The molecule has 1 amide bonds. The van der Waals surface area contributed by atoms with Crippen LogP contribution in [0.1, 0.15) is 30.7 Å². The maximum atomic E-state index is 14.4. The first-order valence-electron chi connectivity index (χ1n) is 10.5. The molecule has 8 heteroatoms. The Morgan fingerprint density at radius 1 is 1.06 bits per heavy atom. The molecule has 1 aliphatic heterocycles. The van der Waals surface area contributed by atoms with E-state index in [4.69, 9.17) is 0 Å². The average Bonchev–Trinajstić information content (AvgIpc) is 3.53. The van der Waals surface area contributed by atoms with Gasteiger partial charge in [0.2, 0.25) is 15.9 Å². The van der Waals surface area contributed by atoms with Crippen LogP contribution in [-0.2, 0) is 14.8 Å². The SMILES string of the molecule is CS(=O)(=O)NCC1CCN(C(=O)[C@@H]2C[C@H]2c2ccccc2-c2c(F)cccc2F)CC1. The topological polar surface area (TPSA) is 66.5 Å². The second-order valence-electron chi connectivity index (χ2n) is 8.52. The highest BCUT2D eigenvalue weighted by molar-refractivity contribution is 7.88. The van der Waals surface area contributed by atoms with Crippen LogP contribution < -0.4 is 4.72 Å². The summed E-state index contributed by atoms with van der Waals surface area (Å²) in [5, 5.41) is 0. The number of halogens is 2. The molecule has 0 unspecified atom stereocenters. The van der Waals surface area contributed by atoms with Gasteiger partial charge in [-0.15, -0.1) is 0 Å². The summed E-state index contributed by atoms with van der Waals surface area (Å²) in [6.45, 7) is 1.60. The minimum absolute atomic E-state index is 0.0459. The molecule has 1 saturated heterocycles. The molecule has 0 bridgehead atoms. The molecule has 166 valence electrons. The Hall–Kier alpha value is -2.32. The second kappa shape index (κ2) is 8.67. The first kappa shape index (κ1) is 21.9. The molecular weight excluding hydrogens is 422 g/mol. The van der Waals surface area contributed by atoms with Crippen LogP contribution in [0.3, 0.4) is 0 Å². The molecule has 1 heterocycles. The lowest BCUT2D eigenvalue weighted by Gasteiger charge is -2.32. The zero-order valence-electron chi connectivity index (χ0n) is 17.4. The van der Waals surface area contributed by atoms with Gasteiger partial charge in [0.15, 0.2) is 0 Å². The van der Waals surface area contributed by atoms with Gasteiger partial charge in [0.1, 0.15) is 11.6 Å². The van der Waals surface area contributed by atoms with E-state index in [0.717, 1.165) is 24.7 Å². The number of hydrogen-bond acceptors (Lipinski definition) is 3. The fraction of sp³-hybridized carbons (Fsp3) is 0.435. The molecule has 1 aliphatic carbocycles. The average molecular weight is 449 g/mol. The summed E-state index contributed by atoms with van der Waals surface area (Å²) < 4.78 is 53.8. The number of sulfonamides is 1. The number of amides is 1. The van der Waals surface area contributed by atoms with Crippen molar-refractivity contribution in [3.05, 3.63) is 59.7 Å². The van der Waals surface area contributed by atoms with Crippen LogP contribution in [0.25, 0.3) is 11.1 Å². The van der Waals surface area contributed by atoms with E-state index >= 15 is 0 Å². The van der Waals surface area contributed by atoms with Crippen molar-refractivity contribution < 1.29 is 22.0 Å². The van der Waals surface area contributed by atoms with Crippen molar-refractivity contribution in [2.75, 3.05) is 25.9 Å². The number of nitrogens with one attached hydrogen (secondary N) is 1. The van der Waals surface area contributed by atoms with Gasteiger partial charge in [0.25, 0.3) is 0 Å². The maximum Gasteiger partial charge on any atom is 0.226 e. The molecule has 0 spiro atoms. The predicted molar refractivity (Wildman–Crippen MR) is 115 cm³/mol. The first-order valence-corrected chi connectivity index (χ1v) is 12.4. The standard InChI is InChI=1S/C23H26F2N2O3S/c1-31(29,30)26-14-15-9-11-27(12-10-15)23(28)19-13-18(19)16-5-2-3-6-17(16)22-20(24)7-4-8-21(22)25/h2-8,15,18-19,26H,9-14H2,1H3/t18-,19+/m0/s1. The van der Waals surface area contributed by atoms with Gasteiger partial charge in [-0.1, -0.05) is 30.3 Å². The third-order valence-electron chi connectivity index (χ3n) is 6.26.